The molecule has 0 saturated heterocycles. The molecule has 0 unspecified atom stereocenters. The van der Waals surface area contributed by atoms with Gasteiger partial charge in [-0.25, -0.2) is 0 Å². The van der Waals surface area contributed by atoms with Gasteiger partial charge in [-0.3, -0.25) is 0 Å². The molecule has 0 radical (unpaired) electrons. The Morgan fingerprint density at radius 1 is 0.862 bits per heavy atom. The van der Waals surface area contributed by atoms with Gasteiger partial charge >= 0.3 is 0 Å². The third kappa shape index (κ3) is 1.95. The molecule has 4 aromatic rings. The van der Waals surface area contributed by atoms with Gasteiger partial charge in [-0.1, -0.05) is 48.1 Å². The average Bonchev–Trinajstić information content (AvgIpc) is 3.28. The largest absolute Gasteiger partial charge is 0.343 e. The van der Waals surface area contributed by atoms with Gasteiger partial charge in [-0.05, 0) is 88.9 Å². The molecule has 1 nitrogen and oxygen atoms in total. The van der Waals surface area contributed by atoms with Crippen molar-refractivity contribution in [3.8, 4) is 0 Å². The molecule has 1 aromatic heterocycles. The minimum Gasteiger partial charge on any atom is -0.343 e. The van der Waals surface area contributed by atoms with E-state index in [4.69, 9.17) is 0 Å². The zero-order chi connectivity index (χ0) is 19.1. The van der Waals surface area contributed by atoms with Crippen LogP contribution >= 0.6 is 0 Å². The fourth-order valence-electron chi connectivity index (χ4n) is 6.06. The molecule has 29 heavy (non-hydrogen) atoms. The predicted molar refractivity (Wildman–Crippen MR) is 124 cm³/mol. The molecular formula is C28H23N. The molecule has 7 rings (SSSR count). The molecule has 0 atom stereocenters. The van der Waals surface area contributed by atoms with Crippen LogP contribution in [0.3, 0.4) is 0 Å². The Hall–Kier alpha value is -3.06. The number of hydrogen-bond acceptors (Lipinski definition) is 0. The SMILES string of the molecule is Cn1c2ccccc2c2c3cc4c(cc3c3c(c21)CCC=C3)C1=C(CCC=C1)C4. The summed E-state index contributed by atoms with van der Waals surface area (Å²) in [6.07, 6.45) is 15.3. The van der Waals surface area contributed by atoms with E-state index in [1.165, 1.54) is 73.2 Å². The topological polar surface area (TPSA) is 4.93 Å². The summed E-state index contributed by atoms with van der Waals surface area (Å²) in [6, 6.07) is 14.0. The monoisotopic (exact) mass is 373 g/mol. The number of rotatable bonds is 0. The van der Waals surface area contributed by atoms with Gasteiger partial charge in [0.15, 0.2) is 0 Å². The number of aryl methyl sites for hydroxylation is 2. The van der Waals surface area contributed by atoms with Crippen LogP contribution in [0.5, 0.6) is 0 Å². The summed E-state index contributed by atoms with van der Waals surface area (Å²) in [4.78, 5) is 0. The predicted octanol–water partition coefficient (Wildman–Crippen LogP) is 7.10. The van der Waals surface area contributed by atoms with Gasteiger partial charge in [0.2, 0.25) is 0 Å². The second kappa shape index (κ2) is 5.51. The van der Waals surface area contributed by atoms with Gasteiger partial charge in [-0.2, -0.15) is 0 Å². The molecule has 0 aliphatic heterocycles. The third-order valence-corrected chi connectivity index (χ3v) is 7.34. The Bertz CT molecular complexity index is 1470. The van der Waals surface area contributed by atoms with Crippen molar-refractivity contribution in [3.63, 3.8) is 0 Å². The summed E-state index contributed by atoms with van der Waals surface area (Å²) >= 11 is 0. The fourth-order valence-corrected chi connectivity index (χ4v) is 6.06. The van der Waals surface area contributed by atoms with Crippen LogP contribution in [0.2, 0.25) is 0 Å². The second-order valence-corrected chi connectivity index (χ2v) is 8.82. The highest BCUT2D eigenvalue weighted by Gasteiger charge is 2.25. The zero-order valence-corrected chi connectivity index (χ0v) is 16.8. The number of hydrogen-bond donors (Lipinski definition) is 0. The number of fused-ring (bicyclic) bond motifs is 10. The molecule has 3 aliphatic rings. The molecule has 0 spiro atoms. The highest BCUT2D eigenvalue weighted by Crippen LogP contribution is 2.46. The lowest BCUT2D eigenvalue weighted by molar-refractivity contribution is 0.935. The van der Waals surface area contributed by atoms with Crippen molar-refractivity contribution >= 4 is 44.2 Å². The van der Waals surface area contributed by atoms with Crippen molar-refractivity contribution in [1.82, 2.24) is 4.57 Å². The maximum absolute atomic E-state index is 2.52. The minimum absolute atomic E-state index is 1.13. The average molecular weight is 373 g/mol. The molecule has 0 saturated carbocycles. The van der Waals surface area contributed by atoms with Gasteiger partial charge in [-0.15, -0.1) is 0 Å². The van der Waals surface area contributed by atoms with Crippen molar-refractivity contribution in [3.05, 3.63) is 82.5 Å². The van der Waals surface area contributed by atoms with Crippen LogP contribution in [0.15, 0.2) is 60.2 Å². The number of benzene rings is 3. The van der Waals surface area contributed by atoms with Gasteiger partial charge in [0.25, 0.3) is 0 Å². The van der Waals surface area contributed by atoms with Crippen LogP contribution in [0.25, 0.3) is 44.2 Å². The summed E-state index contributed by atoms with van der Waals surface area (Å²) in [5.41, 5.74) is 11.9. The van der Waals surface area contributed by atoms with E-state index in [0.717, 1.165) is 19.3 Å². The normalized spacial score (nSPS) is 17.4. The summed E-state index contributed by atoms with van der Waals surface area (Å²) in [5, 5.41) is 5.72. The van der Waals surface area contributed by atoms with Crippen LogP contribution in [-0.4, -0.2) is 4.57 Å². The first-order chi connectivity index (χ1) is 14.3. The van der Waals surface area contributed by atoms with Crippen molar-refractivity contribution in [2.24, 2.45) is 7.05 Å². The van der Waals surface area contributed by atoms with Crippen molar-refractivity contribution in [1.29, 1.82) is 0 Å². The first-order valence-electron chi connectivity index (χ1n) is 10.9. The molecule has 3 aromatic carbocycles. The summed E-state index contributed by atoms with van der Waals surface area (Å²) in [6.45, 7) is 0. The summed E-state index contributed by atoms with van der Waals surface area (Å²) in [7, 11) is 2.24. The maximum Gasteiger partial charge on any atom is 0.0533 e. The Labute approximate surface area is 170 Å². The molecule has 0 bridgehead atoms. The van der Waals surface area contributed by atoms with Crippen molar-refractivity contribution in [2.75, 3.05) is 0 Å². The van der Waals surface area contributed by atoms with E-state index in [2.05, 4.69) is 72.3 Å². The van der Waals surface area contributed by atoms with Gasteiger partial charge < -0.3 is 4.57 Å². The van der Waals surface area contributed by atoms with Crippen LogP contribution in [0.4, 0.5) is 0 Å². The highest BCUT2D eigenvalue weighted by atomic mass is 14.9. The quantitative estimate of drug-likeness (QED) is 0.310. The molecule has 3 aliphatic carbocycles. The smallest absolute Gasteiger partial charge is 0.0533 e. The van der Waals surface area contributed by atoms with E-state index in [9.17, 15) is 0 Å². The highest BCUT2D eigenvalue weighted by molar-refractivity contribution is 6.24. The van der Waals surface area contributed by atoms with Crippen molar-refractivity contribution < 1.29 is 0 Å². The minimum atomic E-state index is 1.13. The lowest BCUT2D eigenvalue weighted by atomic mass is 9.86. The lowest BCUT2D eigenvalue weighted by Gasteiger charge is -2.18. The summed E-state index contributed by atoms with van der Waals surface area (Å²) < 4.78 is 2.43. The van der Waals surface area contributed by atoms with Gasteiger partial charge in [0.1, 0.15) is 0 Å². The zero-order valence-electron chi connectivity index (χ0n) is 16.8. The molecule has 1 heterocycles. The van der Waals surface area contributed by atoms with E-state index in [-0.39, 0.29) is 0 Å². The second-order valence-electron chi connectivity index (χ2n) is 8.82. The number of aromatic nitrogens is 1. The van der Waals surface area contributed by atoms with E-state index in [1.54, 1.807) is 5.57 Å². The van der Waals surface area contributed by atoms with E-state index < -0.39 is 0 Å². The van der Waals surface area contributed by atoms with Gasteiger partial charge in [0.05, 0.1) is 5.52 Å². The number of allylic oxidation sites excluding steroid dienone is 5. The number of para-hydroxylation sites is 1. The van der Waals surface area contributed by atoms with Gasteiger partial charge in [0, 0.05) is 23.3 Å². The Kier molecular flexibility index (Phi) is 3.00. The summed E-state index contributed by atoms with van der Waals surface area (Å²) in [5.74, 6) is 0. The molecule has 1 heteroatoms. The van der Waals surface area contributed by atoms with E-state index in [0.29, 0.717) is 0 Å². The first kappa shape index (κ1) is 15.8. The molecule has 140 valence electrons. The van der Waals surface area contributed by atoms with Crippen molar-refractivity contribution in [2.45, 2.75) is 32.1 Å². The Balaban J connectivity index is 1.70. The molecule has 0 fully saturated rings. The van der Waals surface area contributed by atoms with Crippen LogP contribution in [0, 0.1) is 0 Å². The van der Waals surface area contributed by atoms with E-state index in [1.807, 2.05) is 0 Å². The molecule has 0 amide bonds. The standard InChI is InChI=1S/C28H23N/c1-29-26-13-7-6-12-22(26)27-25-15-18-14-17-8-2-3-9-19(17)23(18)16-24(25)20-10-4-5-11-21(20)28(27)29/h3-4,6-7,9-10,12-13,15-16H,2,5,8,11,14H2,1H3. The fraction of sp³-hybridized carbons (Fsp3) is 0.214. The molecular weight excluding hydrogens is 350 g/mol. The van der Waals surface area contributed by atoms with Crippen LogP contribution in [-0.2, 0) is 19.9 Å². The van der Waals surface area contributed by atoms with Crippen LogP contribution < -0.4 is 0 Å². The lowest BCUT2D eigenvalue weighted by Crippen LogP contribution is -2.01. The van der Waals surface area contributed by atoms with E-state index >= 15 is 0 Å². The third-order valence-electron chi connectivity index (χ3n) is 7.34. The molecule has 0 N–H and O–H groups in total. The Morgan fingerprint density at radius 3 is 2.69 bits per heavy atom. The first-order valence-corrected chi connectivity index (χ1v) is 10.9. The van der Waals surface area contributed by atoms with Crippen LogP contribution in [0.1, 0.15) is 41.5 Å². The Morgan fingerprint density at radius 2 is 1.72 bits per heavy atom. The maximum atomic E-state index is 2.52. The number of nitrogens with zero attached hydrogens (tertiary/aromatic N) is 1.